The van der Waals surface area contributed by atoms with Crippen molar-refractivity contribution in [2.45, 2.75) is 90.5 Å². The molecule has 0 atom stereocenters. The maximum Gasteiger partial charge on any atom is 0.251 e. The van der Waals surface area contributed by atoms with Crippen molar-refractivity contribution in [3.05, 3.63) is 59.9 Å². The van der Waals surface area contributed by atoms with Gasteiger partial charge in [-0.05, 0) is 42.8 Å². The van der Waals surface area contributed by atoms with Crippen LogP contribution in [-0.2, 0) is 6.54 Å². The first-order chi connectivity index (χ1) is 15.3. The van der Waals surface area contributed by atoms with Crippen LogP contribution in [0.15, 0.2) is 48.7 Å². The van der Waals surface area contributed by atoms with Crippen LogP contribution in [0.1, 0.15) is 100 Å². The van der Waals surface area contributed by atoms with Crippen molar-refractivity contribution in [2.75, 3.05) is 6.61 Å². The van der Waals surface area contributed by atoms with Gasteiger partial charge in [0, 0.05) is 11.8 Å². The molecule has 1 N–H and O–H groups in total. The number of aromatic nitrogens is 1. The molecular formula is C27H40N2O2. The molecule has 0 saturated heterocycles. The van der Waals surface area contributed by atoms with Crippen molar-refractivity contribution >= 4 is 5.91 Å². The summed E-state index contributed by atoms with van der Waals surface area (Å²) in [5.74, 6) is 0.725. The molecular weight excluding hydrogens is 384 g/mol. The fourth-order valence-corrected chi connectivity index (χ4v) is 3.61. The second-order valence-electron chi connectivity index (χ2n) is 8.27. The van der Waals surface area contributed by atoms with Crippen molar-refractivity contribution < 1.29 is 9.53 Å². The van der Waals surface area contributed by atoms with E-state index in [1.54, 1.807) is 6.20 Å². The third-order valence-electron chi connectivity index (χ3n) is 5.54. The van der Waals surface area contributed by atoms with Crippen LogP contribution >= 0.6 is 0 Å². The normalized spacial score (nSPS) is 10.7. The van der Waals surface area contributed by atoms with E-state index in [1.807, 2.05) is 42.5 Å². The van der Waals surface area contributed by atoms with E-state index in [-0.39, 0.29) is 5.91 Å². The molecule has 0 saturated carbocycles. The van der Waals surface area contributed by atoms with Gasteiger partial charge < -0.3 is 10.1 Å². The van der Waals surface area contributed by atoms with Gasteiger partial charge in [-0.25, -0.2) is 0 Å². The summed E-state index contributed by atoms with van der Waals surface area (Å²) in [7, 11) is 0. The van der Waals surface area contributed by atoms with Crippen LogP contribution in [0.2, 0.25) is 0 Å². The largest absolute Gasteiger partial charge is 0.494 e. The number of pyridine rings is 1. The summed E-state index contributed by atoms with van der Waals surface area (Å²) in [6.45, 7) is 3.44. The molecule has 1 aromatic heterocycles. The topological polar surface area (TPSA) is 51.2 Å². The SMILES string of the molecule is CCCCCCCCCCCCCCOc1ccc(C(=O)NCc2ccccn2)cc1. The molecule has 0 radical (unpaired) electrons. The predicted octanol–water partition coefficient (Wildman–Crippen LogP) is 7.09. The van der Waals surface area contributed by atoms with Gasteiger partial charge in [-0.15, -0.1) is 0 Å². The smallest absolute Gasteiger partial charge is 0.251 e. The Balaban J connectivity index is 1.47. The van der Waals surface area contributed by atoms with Crippen molar-refractivity contribution in [3.8, 4) is 5.75 Å². The lowest BCUT2D eigenvalue weighted by atomic mass is 10.1. The Hall–Kier alpha value is -2.36. The summed E-state index contributed by atoms with van der Waals surface area (Å²) in [6.07, 6.45) is 17.8. The average Bonchev–Trinajstić information content (AvgIpc) is 2.81. The Labute approximate surface area is 188 Å². The first kappa shape index (κ1) is 24.9. The van der Waals surface area contributed by atoms with Crippen LogP contribution in [0.3, 0.4) is 0 Å². The van der Waals surface area contributed by atoms with E-state index in [2.05, 4.69) is 17.2 Å². The Bertz CT molecular complexity index is 701. The predicted molar refractivity (Wildman–Crippen MR) is 128 cm³/mol. The highest BCUT2D eigenvalue weighted by Gasteiger charge is 2.06. The number of hydrogen-bond donors (Lipinski definition) is 1. The van der Waals surface area contributed by atoms with Crippen LogP contribution in [0.4, 0.5) is 0 Å². The number of ether oxygens (including phenoxy) is 1. The number of hydrogen-bond acceptors (Lipinski definition) is 3. The maximum atomic E-state index is 12.2. The van der Waals surface area contributed by atoms with Gasteiger partial charge in [-0.3, -0.25) is 9.78 Å². The molecule has 4 heteroatoms. The fraction of sp³-hybridized carbons (Fsp3) is 0.556. The van der Waals surface area contributed by atoms with Crippen molar-refractivity contribution in [2.24, 2.45) is 0 Å². The van der Waals surface area contributed by atoms with Gasteiger partial charge in [0.25, 0.3) is 5.91 Å². The van der Waals surface area contributed by atoms with Gasteiger partial charge in [0.15, 0.2) is 0 Å². The highest BCUT2D eigenvalue weighted by molar-refractivity contribution is 5.94. The highest BCUT2D eigenvalue weighted by Crippen LogP contribution is 2.14. The van der Waals surface area contributed by atoms with Gasteiger partial charge in [-0.2, -0.15) is 0 Å². The molecule has 1 amide bonds. The lowest BCUT2D eigenvalue weighted by Gasteiger charge is -2.08. The first-order valence-electron chi connectivity index (χ1n) is 12.2. The number of nitrogens with one attached hydrogen (secondary N) is 1. The minimum Gasteiger partial charge on any atom is -0.494 e. The fourth-order valence-electron chi connectivity index (χ4n) is 3.61. The van der Waals surface area contributed by atoms with Crippen molar-refractivity contribution in [1.29, 1.82) is 0 Å². The number of benzene rings is 1. The van der Waals surface area contributed by atoms with Gasteiger partial charge >= 0.3 is 0 Å². The molecule has 1 heterocycles. The van der Waals surface area contributed by atoms with E-state index in [9.17, 15) is 4.79 Å². The molecule has 0 aliphatic carbocycles. The molecule has 0 aliphatic heterocycles. The quantitative estimate of drug-likeness (QED) is 0.276. The van der Waals surface area contributed by atoms with E-state index in [0.717, 1.165) is 24.5 Å². The van der Waals surface area contributed by atoms with Gasteiger partial charge in [-0.1, -0.05) is 83.6 Å². The summed E-state index contributed by atoms with van der Waals surface area (Å²) in [6, 6.07) is 13.0. The monoisotopic (exact) mass is 424 g/mol. The molecule has 1 aromatic carbocycles. The number of carbonyl (C=O) groups is 1. The summed E-state index contributed by atoms with van der Waals surface area (Å²) in [5.41, 5.74) is 1.48. The number of carbonyl (C=O) groups excluding carboxylic acids is 1. The zero-order valence-electron chi connectivity index (χ0n) is 19.3. The molecule has 0 spiro atoms. The van der Waals surface area contributed by atoms with Crippen LogP contribution < -0.4 is 10.1 Å². The van der Waals surface area contributed by atoms with Crippen molar-refractivity contribution in [3.63, 3.8) is 0 Å². The Morgan fingerprint density at radius 2 is 1.42 bits per heavy atom. The lowest BCUT2D eigenvalue weighted by molar-refractivity contribution is 0.0950. The second kappa shape index (κ2) is 16.3. The lowest BCUT2D eigenvalue weighted by Crippen LogP contribution is -2.23. The zero-order valence-corrected chi connectivity index (χ0v) is 19.3. The van der Waals surface area contributed by atoms with E-state index in [1.165, 1.54) is 70.6 Å². The van der Waals surface area contributed by atoms with Gasteiger partial charge in [0.05, 0.1) is 18.8 Å². The Kier molecular flexibility index (Phi) is 13.1. The third kappa shape index (κ3) is 11.6. The van der Waals surface area contributed by atoms with E-state index < -0.39 is 0 Å². The maximum absolute atomic E-state index is 12.2. The van der Waals surface area contributed by atoms with Gasteiger partial charge in [0.1, 0.15) is 5.75 Å². The van der Waals surface area contributed by atoms with Crippen LogP contribution in [0.5, 0.6) is 5.75 Å². The molecule has 4 nitrogen and oxygen atoms in total. The van der Waals surface area contributed by atoms with E-state index >= 15 is 0 Å². The summed E-state index contributed by atoms with van der Waals surface area (Å²) in [4.78, 5) is 16.4. The van der Waals surface area contributed by atoms with E-state index in [4.69, 9.17) is 4.74 Å². The minimum absolute atomic E-state index is 0.0989. The molecule has 0 aliphatic rings. The zero-order chi connectivity index (χ0) is 22.0. The van der Waals surface area contributed by atoms with Gasteiger partial charge in [0.2, 0.25) is 0 Å². The minimum atomic E-state index is -0.0989. The average molecular weight is 425 g/mol. The molecule has 0 bridgehead atoms. The second-order valence-corrected chi connectivity index (χ2v) is 8.27. The highest BCUT2D eigenvalue weighted by atomic mass is 16.5. The molecule has 2 aromatic rings. The van der Waals surface area contributed by atoms with Crippen LogP contribution in [0.25, 0.3) is 0 Å². The standard InChI is InChI=1S/C27H40N2O2/c1-2-3-4-5-6-7-8-9-10-11-12-15-22-31-26-19-17-24(18-20-26)27(30)29-23-25-16-13-14-21-28-25/h13-14,16-21H,2-12,15,22-23H2,1H3,(H,29,30). The molecule has 0 fully saturated rings. The Morgan fingerprint density at radius 3 is 2.00 bits per heavy atom. The molecule has 31 heavy (non-hydrogen) atoms. The molecule has 2 rings (SSSR count). The summed E-state index contributed by atoms with van der Waals surface area (Å²) in [5, 5.41) is 2.89. The number of nitrogens with zero attached hydrogens (tertiary/aromatic N) is 1. The molecule has 0 unspecified atom stereocenters. The number of unbranched alkanes of at least 4 members (excludes halogenated alkanes) is 11. The third-order valence-corrected chi connectivity index (χ3v) is 5.54. The molecule has 170 valence electrons. The van der Waals surface area contributed by atoms with Crippen LogP contribution in [-0.4, -0.2) is 17.5 Å². The van der Waals surface area contributed by atoms with Crippen molar-refractivity contribution in [1.82, 2.24) is 10.3 Å². The Morgan fingerprint density at radius 1 is 0.806 bits per heavy atom. The first-order valence-corrected chi connectivity index (χ1v) is 12.2. The van der Waals surface area contributed by atoms with Crippen LogP contribution in [0, 0.1) is 0 Å². The number of amides is 1. The van der Waals surface area contributed by atoms with E-state index in [0.29, 0.717) is 12.1 Å². The summed E-state index contributed by atoms with van der Waals surface area (Å²) < 4.78 is 5.82. The number of rotatable bonds is 17. The summed E-state index contributed by atoms with van der Waals surface area (Å²) >= 11 is 0.